The van der Waals surface area contributed by atoms with Crippen molar-refractivity contribution >= 4 is 29.3 Å². The minimum Gasteiger partial charge on any atom is -0.493 e. The van der Waals surface area contributed by atoms with Crippen LogP contribution < -0.4 is 14.8 Å². The van der Waals surface area contributed by atoms with Crippen molar-refractivity contribution in [2.75, 3.05) is 25.3 Å². The van der Waals surface area contributed by atoms with Crippen LogP contribution in [0.3, 0.4) is 0 Å². The van der Waals surface area contributed by atoms with Gasteiger partial charge < -0.3 is 19.7 Å². The molecular weight excluding hydrogens is 328 g/mol. The van der Waals surface area contributed by atoms with Gasteiger partial charge in [0, 0.05) is 23.9 Å². The Kier molecular flexibility index (Phi) is 4.38. The predicted molar refractivity (Wildman–Crippen MR) is 93.6 cm³/mol. The molecule has 2 aliphatic rings. The number of amides is 2. The van der Waals surface area contributed by atoms with Crippen LogP contribution in [0.4, 0.5) is 5.69 Å². The van der Waals surface area contributed by atoms with Crippen molar-refractivity contribution in [1.82, 2.24) is 4.90 Å². The van der Waals surface area contributed by atoms with Crippen LogP contribution in [0.2, 0.25) is 0 Å². The third-order valence-electron chi connectivity index (χ3n) is 4.74. The van der Waals surface area contributed by atoms with Gasteiger partial charge in [-0.25, -0.2) is 0 Å². The number of ether oxygens (including phenoxy) is 2. The third-order valence-corrected chi connectivity index (χ3v) is 6.24. The Bertz CT molecular complexity index is 693. The molecule has 1 aromatic rings. The zero-order valence-corrected chi connectivity index (χ0v) is 15.2. The molecule has 3 rings (SSSR count). The second kappa shape index (κ2) is 6.20. The quantitative estimate of drug-likeness (QED) is 0.903. The summed E-state index contributed by atoms with van der Waals surface area (Å²) in [6.45, 7) is 3.93. The van der Waals surface area contributed by atoms with Crippen molar-refractivity contribution in [3.63, 3.8) is 0 Å². The molecule has 2 heterocycles. The molecule has 0 unspecified atom stereocenters. The van der Waals surface area contributed by atoms with Crippen molar-refractivity contribution in [3.05, 3.63) is 17.7 Å². The van der Waals surface area contributed by atoms with Gasteiger partial charge in [-0.05, 0) is 31.9 Å². The molecule has 1 N–H and O–H groups in total. The number of rotatable bonds is 4. The number of nitrogens with one attached hydrogen (secondary N) is 1. The molecule has 0 saturated carbocycles. The first-order valence-corrected chi connectivity index (χ1v) is 8.88. The number of fused-ring (bicyclic) bond motifs is 1. The Labute approximate surface area is 145 Å². The summed E-state index contributed by atoms with van der Waals surface area (Å²) in [6, 6.07) is 3.14. The normalized spacial score (nSPS) is 25.6. The second-order valence-corrected chi connectivity index (χ2v) is 7.78. The van der Waals surface area contributed by atoms with Crippen LogP contribution in [0.25, 0.3) is 0 Å². The van der Waals surface area contributed by atoms with Gasteiger partial charge in [0.2, 0.25) is 11.8 Å². The zero-order valence-electron chi connectivity index (χ0n) is 14.3. The molecule has 7 heteroatoms. The maximum absolute atomic E-state index is 12.8. The van der Waals surface area contributed by atoms with E-state index >= 15 is 0 Å². The maximum atomic E-state index is 12.8. The Hall–Kier alpha value is -1.89. The van der Waals surface area contributed by atoms with Crippen LogP contribution in [0, 0.1) is 6.92 Å². The van der Waals surface area contributed by atoms with Gasteiger partial charge in [0.15, 0.2) is 11.5 Å². The average molecular weight is 350 g/mol. The number of carbonyl (C=O) groups is 2. The molecule has 2 amide bonds. The average Bonchev–Trinajstić information content (AvgIpc) is 3.05. The van der Waals surface area contributed by atoms with E-state index in [0.29, 0.717) is 29.4 Å². The molecule has 0 aliphatic carbocycles. The van der Waals surface area contributed by atoms with E-state index in [1.165, 1.54) is 0 Å². The van der Waals surface area contributed by atoms with Crippen molar-refractivity contribution in [3.8, 4) is 11.5 Å². The lowest BCUT2D eigenvalue weighted by Gasteiger charge is -2.30. The summed E-state index contributed by atoms with van der Waals surface area (Å²) < 4.78 is 10.6. The molecule has 130 valence electrons. The molecule has 2 atom stereocenters. The number of carbonyl (C=O) groups excluding carboxylic acids is 2. The van der Waals surface area contributed by atoms with Crippen LogP contribution in [-0.4, -0.2) is 47.6 Å². The lowest BCUT2D eigenvalue weighted by atomic mass is 10.1. The number of hydrogen-bond donors (Lipinski definition) is 1. The Balaban J connectivity index is 1.82. The first-order chi connectivity index (χ1) is 11.4. The predicted octanol–water partition coefficient (Wildman–Crippen LogP) is 2.40. The highest BCUT2D eigenvalue weighted by molar-refractivity contribution is 8.01. The molecule has 0 spiro atoms. The summed E-state index contributed by atoms with van der Waals surface area (Å²) in [5.74, 6) is 1.71. The molecule has 6 nitrogen and oxygen atoms in total. The molecule has 1 aromatic carbocycles. The molecule has 0 bridgehead atoms. The van der Waals surface area contributed by atoms with E-state index < -0.39 is 6.04 Å². The van der Waals surface area contributed by atoms with E-state index in [2.05, 4.69) is 5.32 Å². The van der Waals surface area contributed by atoms with Crippen LogP contribution in [0.5, 0.6) is 11.5 Å². The molecule has 24 heavy (non-hydrogen) atoms. The number of benzene rings is 1. The number of methoxy groups -OCH3 is 2. The van der Waals surface area contributed by atoms with Crippen molar-refractivity contribution in [2.45, 2.75) is 37.6 Å². The van der Waals surface area contributed by atoms with Gasteiger partial charge in [-0.2, -0.15) is 0 Å². The van der Waals surface area contributed by atoms with E-state index in [9.17, 15) is 9.59 Å². The second-order valence-electron chi connectivity index (χ2n) is 6.28. The number of anilines is 1. The Morgan fingerprint density at radius 2 is 2.00 bits per heavy atom. The van der Waals surface area contributed by atoms with Crippen molar-refractivity contribution in [1.29, 1.82) is 0 Å². The fourth-order valence-electron chi connectivity index (χ4n) is 3.35. The number of nitrogens with zero attached hydrogens (tertiary/aromatic N) is 1. The lowest BCUT2D eigenvalue weighted by molar-refractivity contribution is -0.135. The highest BCUT2D eigenvalue weighted by Gasteiger charge is 2.52. The largest absolute Gasteiger partial charge is 0.493 e. The first kappa shape index (κ1) is 17.0. The van der Waals surface area contributed by atoms with Gasteiger partial charge in [-0.1, -0.05) is 0 Å². The zero-order chi connectivity index (χ0) is 17.5. The smallest absolute Gasteiger partial charge is 0.248 e. The topological polar surface area (TPSA) is 67.9 Å². The summed E-state index contributed by atoms with van der Waals surface area (Å²) in [5.41, 5.74) is 1.55. The van der Waals surface area contributed by atoms with Crippen molar-refractivity contribution < 1.29 is 19.1 Å². The van der Waals surface area contributed by atoms with Gasteiger partial charge in [0.1, 0.15) is 6.04 Å². The highest BCUT2D eigenvalue weighted by atomic mass is 32.2. The van der Waals surface area contributed by atoms with E-state index in [-0.39, 0.29) is 16.7 Å². The maximum Gasteiger partial charge on any atom is 0.248 e. The summed E-state index contributed by atoms with van der Waals surface area (Å²) in [7, 11) is 3.13. The summed E-state index contributed by atoms with van der Waals surface area (Å²) in [5, 5.41) is 2.95. The minimum absolute atomic E-state index is 0.0617. The molecule has 0 radical (unpaired) electrons. The summed E-state index contributed by atoms with van der Waals surface area (Å²) >= 11 is 1.68. The number of hydrogen-bond acceptors (Lipinski definition) is 5. The molecule has 0 aromatic heterocycles. The summed E-state index contributed by atoms with van der Waals surface area (Å²) in [4.78, 5) is 26.4. The van der Waals surface area contributed by atoms with Crippen molar-refractivity contribution in [2.24, 2.45) is 0 Å². The van der Waals surface area contributed by atoms with Gasteiger partial charge in [0.05, 0.1) is 19.1 Å². The van der Waals surface area contributed by atoms with Gasteiger partial charge in [0.25, 0.3) is 0 Å². The van der Waals surface area contributed by atoms with Gasteiger partial charge in [-0.15, -0.1) is 11.8 Å². The third kappa shape index (κ3) is 2.70. The Morgan fingerprint density at radius 1 is 1.33 bits per heavy atom. The minimum atomic E-state index is -0.428. The van der Waals surface area contributed by atoms with Crippen LogP contribution in [0.1, 0.15) is 25.3 Å². The van der Waals surface area contributed by atoms with E-state index in [1.54, 1.807) is 36.9 Å². The molecule has 2 saturated heterocycles. The Morgan fingerprint density at radius 3 is 2.67 bits per heavy atom. The van der Waals surface area contributed by atoms with E-state index in [0.717, 1.165) is 12.0 Å². The highest BCUT2D eigenvalue weighted by Crippen LogP contribution is 2.47. The fourth-order valence-corrected chi connectivity index (χ4v) is 4.78. The first-order valence-electron chi connectivity index (χ1n) is 7.89. The molecule has 2 fully saturated rings. The van der Waals surface area contributed by atoms with E-state index in [1.807, 2.05) is 19.9 Å². The summed E-state index contributed by atoms with van der Waals surface area (Å²) in [6.07, 6.45) is 1.32. The lowest BCUT2D eigenvalue weighted by Crippen LogP contribution is -2.48. The number of thioether (sulfide) groups is 1. The van der Waals surface area contributed by atoms with Crippen LogP contribution in [-0.2, 0) is 9.59 Å². The standard InChI is InChI=1S/C17H22N2O4S/c1-10-7-13(22-3)14(23-4)8-11(10)18-16(21)12-9-24-17(2)6-5-15(20)19(12)17/h7-8,12H,5-6,9H2,1-4H3,(H,18,21)/t12-,17+/m0/s1. The molecule has 2 aliphatic heterocycles. The van der Waals surface area contributed by atoms with Gasteiger partial charge >= 0.3 is 0 Å². The number of aryl methyl sites for hydroxylation is 1. The van der Waals surface area contributed by atoms with E-state index in [4.69, 9.17) is 9.47 Å². The van der Waals surface area contributed by atoms with Crippen LogP contribution >= 0.6 is 11.8 Å². The van der Waals surface area contributed by atoms with Gasteiger partial charge in [-0.3, -0.25) is 9.59 Å². The monoisotopic (exact) mass is 350 g/mol. The molecular formula is C17H22N2O4S. The fraction of sp³-hybridized carbons (Fsp3) is 0.529. The van der Waals surface area contributed by atoms with Crippen LogP contribution in [0.15, 0.2) is 12.1 Å². The SMILES string of the molecule is COc1cc(C)c(NC(=O)[C@@H]2CS[C@]3(C)CCC(=O)N23)cc1OC.